The van der Waals surface area contributed by atoms with Crippen LogP contribution in [0.1, 0.15) is 10.6 Å². The average molecular weight is 173 g/mol. The van der Waals surface area contributed by atoms with Crippen LogP contribution in [-0.4, -0.2) is 45.6 Å². The van der Waals surface area contributed by atoms with Crippen molar-refractivity contribution < 1.29 is 10.3 Å². The molecule has 1 amide bonds. The molecule has 1 aromatic rings. The van der Waals surface area contributed by atoms with Crippen LogP contribution in [0, 0.1) is 0 Å². The lowest BCUT2D eigenvalue weighted by atomic mass is 10.5. The third-order valence-electron chi connectivity index (χ3n) is 1.11. The van der Waals surface area contributed by atoms with Crippen LogP contribution >= 0.6 is 0 Å². The molecular weight excluding hydrogens is 162 g/mol. The highest BCUT2D eigenvalue weighted by Gasteiger charge is 2.11. The van der Waals surface area contributed by atoms with Gasteiger partial charge in [0.15, 0.2) is 0 Å². The molecule has 0 saturated carbocycles. The van der Waals surface area contributed by atoms with E-state index in [0.717, 1.165) is 0 Å². The topological polar surface area (TPSA) is 119 Å². The van der Waals surface area contributed by atoms with Gasteiger partial charge in [-0.25, -0.2) is 0 Å². The van der Waals surface area contributed by atoms with Gasteiger partial charge in [0, 0.05) is 14.1 Å². The molecular formula is C5H11N5O2. The molecule has 1 aromatic heterocycles. The predicted molar refractivity (Wildman–Crippen MR) is 42.4 cm³/mol. The number of nitrogens with zero attached hydrogens (tertiary/aromatic N) is 3. The molecule has 0 aliphatic carbocycles. The molecule has 0 aliphatic heterocycles. The van der Waals surface area contributed by atoms with E-state index in [2.05, 4.69) is 15.2 Å². The molecule has 5 N–H and O–H groups in total. The van der Waals surface area contributed by atoms with E-state index in [-0.39, 0.29) is 23.2 Å². The average Bonchev–Trinajstić information content (AvgIpc) is 2.34. The summed E-state index contributed by atoms with van der Waals surface area (Å²) in [4.78, 5) is 16.1. The van der Waals surface area contributed by atoms with Crippen molar-refractivity contribution in [2.75, 3.05) is 19.8 Å². The smallest absolute Gasteiger partial charge is 0.290 e. The molecule has 68 valence electrons. The van der Waals surface area contributed by atoms with Crippen molar-refractivity contribution in [2.45, 2.75) is 0 Å². The zero-order valence-corrected chi connectivity index (χ0v) is 6.83. The molecule has 1 heterocycles. The van der Waals surface area contributed by atoms with E-state index in [1.807, 2.05) is 0 Å². The van der Waals surface area contributed by atoms with E-state index in [4.69, 9.17) is 5.73 Å². The van der Waals surface area contributed by atoms with E-state index in [9.17, 15) is 4.79 Å². The second-order valence-corrected chi connectivity index (χ2v) is 2.24. The van der Waals surface area contributed by atoms with Gasteiger partial charge >= 0.3 is 0 Å². The summed E-state index contributed by atoms with van der Waals surface area (Å²) in [5.41, 5.74) is 5.19. The van der Waals surface area contributed by atoms with Crippen molar-refractivity contribution in [2.24, 2.45) is 0 Å². The first-order chi connectivity index (χ1) is 5.11. The minimum absolute atomic E-state index is 0. The van der Waals surface area contributed by atoms with Crippen LogP contribution in [0.3, 0.4) is 0 Å². The Bertz CT molecular complexity index is 269. The number of aromatic nitrogens is 3. The van der Waals surface area contributed by atoms with E-state index < -0.39 is 0 Å². The maximum atomic E-state index is 11.1. The first-order valence-electron chi connectivity index (χ1n) is 3.01. The molecule has 0 saturated heterocycles. The SMILES string of the molecule is CN(C)C(=O)c1nc(N)n[nH]1.O. The number of hydrogen-bond acceptors (Lipinski definition) is 4. The normalized spacial score (nSPS) is 8.83. The van der Waals surface area contributed by atoms with Gasteiger partial charge in [0.05, 0.1) is 0 Å². The van der Waals surface area contributed by atoms with E-state index >= 15 is 0 Å². The van der Waals surface area contributed by atoms with Gasteiger partial charge in [-0.15, -0.1) is 5.10 Å². The van der Waals surface area contributed by atoms with Crippen LogP contribution in [0.25, 0.3) is 0 Å². The van der Waals surface area contributed by atoms with Crippen LogP contribution in [0.2, 0.25) is 0 Å². The summed E-state index contributed by atoms with van der Waals surface area (Å²) in [7, 11) is 3.25. The van der Waals surface area contributed by atoms with Crippen molar-refractivity contribution >= 4 is 11.9 Å². The van der Waals surface area contributed by atoms with Gasteiger partial charge in [-0.2, -0.15) is 4.98 Å². The summed E-state index contributed by atoms with van der Waals surface area (Å²) in [6.07, 6.45) is 0. The largest absolute Gasteiger partial charge is 0.412 e. The molecule has 0 spiro atoms. The Labute approximate surface area is 68.9 Å². The zero-order valence-electron chi connectivity index (χ0n) is 6.83. The lowest BCUT2D eigenvalue weighted by Crippen LogP contribution is -2.22. The maximum Gasteiger partial charge on any atom is 0.290 e. The van der Waals surface area contributed by atoms with Crippen molar-refractivity contribution in [1.82, 2.24) is 20.1 Å². The quantitative estimate of drug-likeness (QED) is 0.524. The molecule has 1 rings (SSSR count). The first-order valence-corrected chi connectivity index (χ1v) is 3.01. The highest BCUT2D eigenvalue weighted by Crippen LogP contribution is 1.95. The monoisotopic (exact) mass is 173 g/mol. The van der Waals surface area contributed by atoms with E-state index in [1.165, 1.54) is 4.90 Å². The number of carbonyl (C=O) groups excluding carboxylic acids is 1. The molecule has 0 aromatic carbocycles. The summed E-state index contributed by atoms with van der Waals surface area (Å²) in [6, 6.07) is 0. The van der Waals surface area contributed by atoms with Crippen LogP contribution in [0.4, 0.5) is 5.95 Å². The van der Waals surface area contributed by atoms with E-state index in [0.29, 0.717) is 0 Å². The molecule has 0 unspecified atom stereocenters. The summed E-state index contributed by atoms with van der Waals surface area (Å²) in [5.74, 6) is -0.00287. The molecule has 0 fully saturated rings. The minimum Gasteiger partial charge on any atom is -0.412 e. The molecule has 0 atom stereocenters. The van der Waals surface area contributed by atoms with Gasteiger partial charge < -0.3 is 16.1 Å². The number of rotatable bonds is 1. The Morgan fingerprint density at radius 1 is 1.58 bits per heavy atom. The Balaban J connectivity index is 0.00000121. The third kappa shape index (κ3) is 1.92. The fraction of sp³-hybridized carbons (Fsp3) is 0.400. The van der Waals surface area contributed by atoms with Crippen molar-refractivity contribution in [3.8, 4) is 0 Å². The standard InChI is InChI=1S/C5H9N5O.H2O/c1-10(2)4(11)3-7-5(6)9-8-3;/h1-2H3,(H3,6,7,8,9);1H2. The van der Waals surface area contributed by atoms with Gasteiger partial charge in [0.25, 0.3) is 5.91 Å². The lowest BCUT2D eigenvalue weighted by Gasteiger charge is -2.05. The van der Waals surface area contributed by atoms with Crippen molar-refractivity contribution in [3.05, 3.63) is 5.82 Å². The van der Waals surface area contributed by atoms with Gasteiger partial charge in [-0.05, 0) is 0 Å². The summed E-state index contributed by atoms with van der Waals surface area (Å²) >= 11 is 0. The Hall–Kier alpha value is -1.63. The number of nitrogen functional groups attached to an aromatic ring is 1. The fourth-order valence-corrected chi connectivity index (χ4v) is 0.582. The Kier molecular flexibility index (Phi) is 3.17. The Morgan fingerprint density at radius 3 is 2.50 bits per heavy atom. The number of hydrogen-bond donors (Lipinski definition) is 2. The number of carbonyl (C=O) groups is 1. The van der Waals surface area contributed by atoms with Crippen LogP contribution in [0.5, 0.6) is 0 Å². The number of amides is 1. The number of nitrogens with one attached hydrogen (secondary N) is 1. The zero-order chi connectivity index (χ0) is 8.43. The lowest BCUT2D eigenvalue weighted by molar-refractivity contribution is 0.0816. The van der Waals surface area contributed by atoms with Gasteiger partial charge in [-0.1, -0.05) is 0 Å². The van der Waals surface area contributed by atoms with Crippen LogP contribution < -0.4 is 5.73 Å². The molecule has 12 heavy (non-hydrogen) atoms. The van der Waals surface area contributed by atoms with Gasteiger partial charge in [-0.3, -0.25) is 9.89 Å². The van der Waals surface area contributed by atoms with Crippen molar-refractivity contribution in [1.29, 1.82) is 0 Å². The second kappa shape index (κ2) is 3.67. The molecule has 7 nitrogen and oxygen atoms in total. The number of nitrogens with two attached hydrogens (primary N) is 1. The summed E-state index contributed by atoms with van der Waals surface area (Å²) < 4.78 is 0. The van der Waals surface area contributed by atoms with Crippen LogP contribution in [-0.2, 0) is 0 Å². The number of H-pyrrole nitrogens is 1. The number of anilines is 1. The summed E-state index contributed by atoms with van der Waals surface area (Å²) in [6.45, 7) is 0. The molecule has 0 bridgehead atoms. The molecule has 0 aliphatic rings. The van der Waals surface area contributed by atoms with Crippen LogP contribution in [0.15, 0.2) is 0 Å². The van der Waals surface area contributed by atoms with Crippen molar-refractivity contribution in [3.63, 3.8) is 0 Å². The van der Waals surface area contributed by atoms with Gasteiger partial charge in [0.2, 0.25) is 11.8 Å². The second-order valence-electron chi connectivity index (χ2n) is 2.24. The highest BCUT2D eigenvalue weighted by molar-refractivity contribution is 5.90. The molecule has 7 heteroatoms. The molecule has 0 radical (unpaired) electrons. The fourth-order valence-electron chi connectivity index (χ4n) is 0.582. The maximum absolute atomic E-state index is 11.1. The highest BCUT2D eigenvalue weighted by atomic mass is 16.2. The first kappa shape index (κ1) is 10.4. The summed E-state index contributed by atoms with van der Waals surface area (Å²) in [5, 5.41) is 5.92. The number of aromatic amines is 1. The van der Waals surface area contributed by atoms with E-state index in [1.54, 1.807) is 14.1 Å². The predicted octanol–water partition coefficient (Wildman–Crippen LogP) is -1.74. The van der Waals surface area contributed by atoms with Gasteiger partial charge in [0.1, 0.15) is 0 Å². The minimum atomic E-state index is -0.241. The third-order valence-corrected chi connectivity index (χ3v) is 1.11. The Morgan fingerprint density at radius 2 is 2.17 bits per heavy atom.